The molecule has 1 aromatic carbocycles. The van der Waals surface area contributed by atoms with Crippen LogP contribution in [0.5, 0.6) is 5.75 Å². The zero-order valence-corrected chi connectivity index (χ0v) is 13.2. The van der Waals surface area contributed by atoms with E-state index in [-0.39, 0.29) is 0 Å². The number of rotatable bonds is 10. The number of hydrogen-bond acceptors (Lipinski definition) is 2. The molecule has 0 aromatic heterocycles. The summed E-state index contributed by atoms with van der Waals surface area (Å²) in [6.07, 6.45) is 5.78. The minimum absolute atomic E-state index is 0.591. The Balaban J connectivity index is 2.44. The van der Waals surface area contributed by atoms with E-state index in [0.29, 0.717) is 6.04 Å². The SMILES string of the molecule is C=C(C)CCC(CCc1ccc(OC)cc1)NCCC. The fraction of sp³-hybridized carbons (Fsp3) is 0.556. The number of benzene rings is 1. The summed E-state index contributed by atoms with van der Waals surface area (Å²) in [5, 5.41) is 3.65. The molecule has 0 spiro atoms. The summed E-state index contributed by atoms with van der Waals surface area (Å²) >= 11 is 0. The van der Waals surface area contributed by atoms with Crippen LogP contribution in [0, 0.1) is 0 Å². The zero-order chi connectivity index (χ0) is 14.8. The molecule has 0 heterocycles. The normalized spacial score (nSPS) is 12.2. The predicted octanol–water partition coefficient (Wildman–Crippen LogP) is 4.35. The van der Waals surface area contributed by atoms with Crippen LogP contribution >= 0.6 is 0 Å². The first-order chi connectivity index (χ1) is 9.65. The van der Waals surface area contributed by atoms with Crippen molar-refractivity contribution in [2.75, 3.05) is 13.7 Å². The molecule has 1 rings (SSSR count). The molecule has 0 aliphatic rings. The maximum Gasteiger partial charge on any atom is 0.118 e. The smallest absolute Gasteiger partial charge is 0.118 e. The number of methoxy groups -OCH3 is 1. The number of hydrogen-bond donors (Lipinski definition) is 1. The van der Waals surface area contributed by atoms with Gasteiger partial charge in [-0.05, 0) is 63.3 Å². The van der Waals surface area contributed by atoms with Gasteiger partial charge in [0.05, 0.1) is 7.11 Å². The predicted molar refractivity (Wildman–Crippen MR) is 87.4 cm³/mol. The average Bonchev–Trinajstić information content (AvgIpc) is 2.46. The van der Waals surface area contributed by atoms with Crippen LogP contribution in [0.25, 0.3) is 0 Å². The molecule has 2 nitrogen and oxygen atoms in total. The van der Waals surface area contributed by atoms with Crippen LogP contribution in [0.3, 0.4) is 0 Å². The first-order valence-corrected chi connectivity index (χ1v) is 7.66. The minimum atomic E-state index is 0.591. The maximum atomic E-state index is 5.19. The topological polar surface area (TPSA) is 21.3 Å². The van der Waals surface area contributed by atoms with Crippen molar-refractivity contribution in [3.63, 3.8) is 0 Å². The highest BCUT2D eigenvalue weighted by Crippen LogP contribution is 2.15. The molecule has 1 atom stereocenters. The maximum absolute atomic E-state index is 5.19. The van der Waals surface area contributed by atoms with E-state index in [1.165, 1.54) is 30.4 Å². The second-order valence-electron chi connectivity index (χ2n) is 5.53. The first-order valence-electron chi connectivity index (χ1n) is 7.66. The zero-order valence-electron chi connectivity index (χ0n) is 13.2. The van der Waals surface area contributed by atoms with Crippen molar-refractivity contribution in [1.82, 2.24) is 5.32 Å². The Labute approximate surface area is 124 Å². The van der Waals surface area contributed by atoms with Crippen LogP contribution in [-0.2, 0) is 6.42 Å². The third kappa shape index (κ3) is 6.76. The molecular weight excluding hydrogens is 246 g/mol. The average molecular weight is 275 g/mol. The fourth-order valence-corrected chi connectivity index (χ4v) is 2.25. The number of nitrogens with one attached hydrogen (secondary N) is 1. The summed E-state index contributed by atoms with van der Waals surface area (Å²) in [6.45, 7) is 9.43. The van der Waals surface area contributed by atoms with Gasteiger partial charge in [0.15, 0.2) is 0 Å². The van der Waals surface area contributed by atoms with Gasteiger partial charge in [-0.1, -0.05) is 24.6 Å². The molecule has 0 radical (unpaired) electrons. The summed E-state index contributed by atoms with van der Waals surface area (Å²) in [4.78, 5) is 0. The lowest BCUT2D eigenvalue weighted by Gasteiger charge is -2.18. The van der Waals surface area contributed by atoms with Gasteiger partial charge in [0.1, 0.15) is 5.75 Å². The van der Waals surface area contributed by atoms with Crippen LogP contribution < -0.4 is 10.1 Å². The van der Waals surface area contributed by atoms with E-state index >= 15 is 0 Å². The molecule has 0 saturated heterocycles. The summed E-state index contributed by atoms with van der Waals surface area (Å²) in [5.41, 5.74) is 2.65. The molecule has 2 heteroatoms. The number of aryl methyl sites for hydroxylation is 1. The van der Waals surface area contributed by atoms with Crippen molar-refractivity contribution in [3.05, 3.63) is 42.0 Å². The van der Waals surface area contributed by atoms with E-state index in [9.17, 15) is 0 Å². The van der Waals surface area contributed by atoms with E-state index in [4.69, 9.17) is 4.74 Å². The van der Waals surface area contributed by atoms with Gasteiger partial charge in [0.25, 0.3) is 0 Å². The first kappa shape index (κ1) is 16.8. The Morgan fingerprint density at radius 3 is 2.50 bits per heavy atom. The molecule has 112 valence electrons. The van der Waals surface area contributed by atoms with Gasteiger partial charge in [-0.2, -0.15) is 0 Å². The molecule has 1 N–H and O–H groups in total. The third-order valence-corrected chi connectivity index (χ3v) is 3.54. The van der Waals surface area contributed by atoms with Crippen molar-refractivity contribution in [1.29, 1.82) is 0 Å². The summed E-state index contributed by atoms with van der Waals surface area (Å²) in [7, 11) is 1.71. The molecular formula is C18H29NO. The molecule has 20 heavy (non-hydrogen) atoms. The molecule has 0 aliphatic carbocycles. The van der Waals surface area contributed by atoms with E-state index in [1.807, 2.05) is 12.1 Å². The Kier molecular flexibility index (Phi) is 8.05. The Morgan fingerprint density at radius 1 is 1.25 bits per heavy atom. The molecule has 0 bridgehead atoms. The highest BCUT2D eigenvalue weighted by Gasteiger charge is 2.08. The number of ether oxygens (including phenoxy) is 1. The minimum Gasteiger partial charge on any atom is -0.497 e. The Bertz CT molecular complexity index is 383. The summed E-state index contributed by atoms with van der Waals surface area (Å²) in [5.74, 6) is 0.927. The highest BCUT2D eigenvalue weighted by molar-refractivity contribution is 5.27. The molecule has 0 saturated carbocycles. The molecule has 0 amide bonds. The van der Waals surface area contributed by atoms with Crippen molar-refractivity contribution in [2.24, 2.45) is 0 Å². The van der Waals surface area contributed by atoms with E-state index in [0.717, 1.165) is 25.1 Å². The van der Waals surface area contributed by atoms with Gasteiger partial charge >= 0.3 is 0 Å². The van der Waals surface area contributed by atoms with Gasteiger partial charge < -0.3 is 10.1 Å². The van der Waals surface area contributed by atoms with Crippen LogP contribution in [0.4, 0.5) is 0 Å². The monoisotopic (exact) mass is 275 g/mol. The fourth-order valence-electron chi connectivity index (χ4n) is 2.25. The lowest BCUT2D eigenvalue weighted by Crippen LogP contribution is -2.30. The lowest BCUT2D eigenvalue weighted by atomic mass is 9.99. The van der Waals surface area contributed by atoms with E-state index in [2.05, 4.69) is 37.9 Å². The van der Waals surface area contributed by atoms with E-state index < -0.39 is 0 Å². The van der Waals surface area contributed by atoms with Crippen molar-refractivity contribution in [2.45, 2.75) is 52.0 Å². The van der Waals surface area contributed by atoms with Crippen molar-refractivity contribution in [3.8, 4) is 5.75 Å². The van der Waals surface area contributed by atoms with E-state index in [1.54, 1.807) is 7.11 Å². The third-order valence-electron chi connectivity index (χ3n) is 3.54. The van der Waals surface area contributed by atoms with Gasteiger partial charge in [0, 0.05) is 6.04 Å². The van der Waals surface area contributed by atoms with Crippen LogP contribution in [-0.4, -0.2) is 19.7 Å². The molecule has 1 unspecified atom stereocenters. The summed E-state index contributed by atoms with van der Waals surface area (Å²) in [6, 6.07) is 8.99. The molecule has 0 aliphatic heterocycles. The van der Waals surface area contributed by atoms with Crippen LogP contribution in [0.2, 0.25) is 0 Å². The van der Waals surface area contributed by atoms with Gasteiger partial charge in [-0.3, -0.25) is 0 Å². The lowest BCUT2D eigenvalue weighted by molar-refractivity contribution is 0.414. The largest absolute Gasteiger partial charge is 0.497 e. The van der Waals surface area contributed by atoms with Crippen molar-refractivity contribution < 1.29 is 4.74 Å². The van der Waals surface area contributed by atoms with Crippen molar-refractivity contribution >= 4 is 0 Å². The van der Waals surface area contributed by atoms with Gasteiger partial charge in [-0.25, -0.2) is 0 Å². The summed E-state index contributed by atoms with van der Waals surface area (Å²) < 4.78 is 5.19. The number of allylic oxidation sites excluding steroid dienone is 1. The standard InChI is InChI=1S/C18H29NO/c1-5-14-19-17(10-6-15(2)3)11-7-16-8-12-18(20-4)13-9-16/h8-9,12-13,17,19H,2,5-7,10-11,14H2,1,3-4H3. The Hall–Kier alpha value is -1.28. The second-order valence-corrected chi connectivity index (χ2v) is 5.53. The molecule has 0 fully saturated rings. The second kappa shape index (κ2) is 9.60. The molecule has 1 aromatic rings. The van der Waals surface area contributed by atoms with Crippen LogP contribution in [0.1, 0.15) is 45.1 Å². The van der Waals surface area contributed by atoms with Gasteiger partial charge in [0.2, 0.25) is 0 Å². The Morgan fingerprint density at radius 2 is 1.95 bits per heavy atom. The van der Waals surface area contributed by atoms with Gasteiger partial charge in [-0.15, -0.1) is 6.58 Å². The highest BCUT2D eigenvalue weighted by atomic mass is 16.5. The quantitative estimate of drug-likeness (QED) is 0.641. The van der Waals surface area contributed by atoms with Crippen LogP contribution in [0.15, 0.2) is 36.4 Å².